The van der Waals surface area contributed by atoms with E-state index in [4.69, 9.17) is 0 Å². The summed E-state index contributed by atoms with van der Waals surface area (Å²) in [5.41, 5.74) is 3.28. The first-order valence-electron chi connectivity index (χ1n) is 9.04. The van der Waals surface area contributed by atoms with E-state index in [2.05, 4.69) is 0 Å². The van der Waals surface area contributed by atoms with E-state index >= 15 is 0 Å². The monoisotopic (exact) mass is 384 g/mol. The van der Waals surface area contributed by atoms with Crippen LogP contribution in [0.1, 0.15) is 21.5 Å². The van der Waals surface area contributed by atoms with Crippen LogP contribution in [0.4, 0.5) is 4.39 Å². The summed E-state index contributed by atoms with van der Waals surface area (Å²) in [6, 6.07) is 22.1. The standard InChI is InChI=1S/C25H17FO3/c26-22-9-5-17(6-10-22)19-8-12-24(25(28)29)21(14-19)4-2-16-1-3-20-15-23(27)11-7-18(20)13-16/h1-15,27H,(H,28,29)/b4-2+. The Morgan fingerprint density at radius 2 is 1.45 bits per heavy atom. The van der Waals surface area contributed by atoms with Gasteiger partial charge >= 0.3 is 5.97 Å². The Kier molecular flexibility index (Phi) is 4.83. The molecule has 4 rings (SSSR count). The van der Waals surface area contributed by atoms with Crippen molar-refractivity contribution in [1.82, 2.24) is 0 Å². The van der Waals surface area contributed by atoms with Crippen LogP contribution in [0.15, 0.2) is 78.9 Å². The Labute approximate surface area is 167 Å². The summed E-state index contributed by atoms with van der Waals surface area (Å²) in [5.74, 6) is -1.12. The average molecular weight is 384 g/mol. The second-order valence-corrected chi connectivity index (χ2v) is 6.74. The number of phenols is 1. The summed E-state index contributed by atoms with van der Waals surface area (Å²) in [6.45, 7) is 0. The van der Waals surface area contributed by atoms with Crippen LogP contribution in [0.3, 0.4) is 0 Å². The van der Waals surface area contributed by atoms with Crippen LogP contribution in [0, 0.1) is 5.82 Å². The van der Waals surface area contributed by atoms with Gasteiger partial charge in [0.2, 0.25) is 0 Å². The third-order valence-electron chi connectivity index (χ3n) is 4.76. The molecule has 0 heterocycles. The van der Waals surface area contributed by atoms with Gasteiger partial charge < -0.3 is 10.2 Å². The van der Waals surface area contributed by atoms with Gasteiger partial charge in [0.05, 0.1) is 5.56 Å². The van der Waals surface area contributed by atoms with Crippen LogP contribution in [0.25, 0.3) is 34.1 Å². The lowest BCUT2D eigenvalue weighted by molar-refractivity contribution is 0.0696. The van der Waals surface area contributed by atoms with Gasteiger partial charge in [-0.2, -0.15) is 0 Å². The van der Waals surface area contributed by atoms with Crippen molar-refractivity contribution in [3.63, 3.8) is 0 Å². The molecule has 4 aromatic rings. The van der Waals surface area contributed by atoms with E-state index < -0.39 is 5.97 Å². The smallest absolute Gasteiger partial charge is 0.336 e. The molecule has 0 bridgehead atoms. The van der Waals surface area contributed by atoms with Gasteiger partial charge in [-0.15, -0.1) is 0 Å². The Hall–Kier alpha value is -3.92. The zero-order valence-corrected chi connectivity index (χ0v) is 15.3. The van der Waals surface area contributed by atoms with Crippen molar-refractivity contribution in [1.29, 1.82) is 0 Å². The molecule has 0 aliphatic rings. The first-order valence-corrected chi connectivity index (χ1v) is 9.04. The van der Waals surface area contributed by atoms with Crippen LogP contribution in [0.2, 0.25) is 0 Å². The van der Waals surface area contributed by atoms with E-state index in [1.54, 1.807) is 48.5 Å². The minimum absolute atomic E-state index is 0.192. The molecule has 142 valence electrons. The molecule has 0 saturated heterocycles. The number of hydrogen-bond donors (Lipinski definition) is 2. The van der Waals surface area contributed by atoms with Gasteiger partial charge in [-0.05, 0) is 75.5 Å². The average Bonchev–Trinajstić information content (AvgIpc) is 2.72. The second kappa shape index (κ2) is 7.60. The van der Waals surface area contributed by atoms with Crippen molar-refractivity contribution in [2.45, 2.75) is 0 Å². The lowest BCUT2D eigenvalue weighted by atomic mass is 9.98. The van der Waals surface area contributed by atoms with Gasteiger partial charge in [0, 0.05) is 0 Å². The fourth-order valence-corrected chi connectivity index (χ4v) is 3.26. The van der Waals surface area contributed by atoms with Crippen LogP contribution in [-0.2, 0) is 0 Å². The van der Waals surface area contributed by atoms with Crippen LogP contribution < -0.4 is 0 Å². The number of rotatable bonds is 4. The Bertz CT molecular complexity index is 1240. The normalized spacial score (nSPS) is 11.2. The number of fused-ring (bicyclic) bond motifs is 1. The van der Waals surface area contributed by atoms with Gasteiger partial charge in [-0.25, -0.2) is 9.18 Å². The van der Waals surface area contributed by atoms with Crippen molar-refractivity contribution < 1.29 is 19.4 Å². The molecule has 4 heteroatoms. The predicted octanol–water partition coefficient (Wildman–Crippen LogP) is 6.22. The van der Waals surface area contributed by atoms with Crippen molar-refractivity contribution in [3.8, 4) is 16.9 Å². The highest BCUT2D eigenvalue weighted by atomic mass is 19.1. The number of aromatic hydroxyl groups is 1. The zero-order valence-electron chi connectivity index (χ0n) is 15.3. The van der Waals surface area contributed by atoms with Gasteiger partial charge in [0.15, 0.2) is 0 Å². The molecule has 0 fully saturated rings. The number of aromatic carboxylic acids is 1. The summed E-state index contributed by atoms with van der Waals surface area (Å²) in [7, 11) is 0. The number of carbonyl (C=O) groups is 1. The first-order chi connectivity index (χ1) is 14.0. The first kappa shape index (κ1) is 18.4. The summed E-state index contributed by atoms with van der Waals surface area (Å²) in [4.78, 5) is 11.6. The molecule has 0 aliphatic heterocycles. The molecule has 2 N–H and O–H groups in total. The van der Waals surface area contributed by atoms with E-state index in [1.807, 2.05) is 30.3 Å². The maximum absolute atomic E-state index is 13.2. The largest absolute Gasteiger partial charge is 0.508 e. The van der Waals surface area contributed by atoms with Crippen molar-refractivity contribution in [2.75, 3.05) is 0 Å². The topological polar surface area (TPSA) is 57.5 Å². The fraction of sp³-hybridized carbons (Fsp3) is 0. The Morgan fingerprint density at radius 1 is 0.759 bits per heavy atom. The lowest BCUT2D eigenvalue weighted by Gasteiger charge is -2.07. The maximum atomic E-state index is 13.2. The Balaban J connectivity index is 1.72. The van der Waals surface area contributed by atoms with E-state index in [0.717, 1.165) is 27.5 Å². The highest BCUT2D eigenvalue weighted by Gasteiger charge is 2.10. The van der Waals surface area contributed by atoms with Crippen LogP contribution in [-0.4, -0.2) is 16.2 Å². The lowest BCUT2D eigenvalue weighted by Crippen LogP contribution is -1.99. The van der Waals surface area contributed by atoms with Gasteiger partial charge in [-0.1, -0.05) is 48.6 Å². The second-order valence-electron chi connectivity index (χ2n) is 6.74. The predicted molar refractivity (Wildman–Crippen MR) is 113 cm³/mol. The van der Waals surface area contributed by atoms with Crippen LogP contribution in [0.5, 0.6) is 5.75 Å². The number of benzene rings is 4. The van der Waals surface area contributed by atoms with E-state index in [9.17, 15) is 19.4 Å². The van der Waals surface area contributed by atoms with Crippen molar-refractivity contribution in [3.05, 3.63) is 101 Å². The molecule has 0 amide bonds. The molecule has 0 atom stereocenters. The molecular formula is C25H17FO3. The summed E-state index contributed by atoms with van der Waals surface area (Å²) < 4.78 is 13.2. The third kappa shape index (κ3) is 4.01. The van der Waals surface area contributed by atoms with Crippen molar-refractivity contribution in [2.24, 2.45) is 0 Å². The SMILES string of the molecule is O=C(O)c1ccc(-c2ccc(F)cc2)cc1/C=C/c1ccc2cc(O)ccc2c1. The fourth-order valence-electron chi connectivity index (χ4n) is 3.26. The summed E-state index contributed by atoms with van der Waals surface area (Å²) in [5, 5.41) is 21.0. The Morgan fingerprint density at radius 3 is 2.21 bits per heavy atom. The zero-order chi connectivity index (χ0) is 20.4. The molecule has 3 nitrogen and oxygen atoms in total. The molecular weight excluding hydrogens is 367 g/mol. The molecule has 0 saturated carbocycles. The van der Waals surface area contributed by atoms with E-state index in [-0.39, 0.29) is 17.1 Å². The molecule has 0 aliphatic carbocycles. The number of hydrogen-bond acceptors (Lipinski definition) is 2. The quantitative estimate of drug-likeness (QED) is 0.411. The number of halogens is 1. The van der Waals surface area contributed by atoms with Gasteiger partial charge in [-0.3, -0.25) is 0 Å². The maximum Gasteiger partial charge on any atom is 0.336 e. The molecule has 0 radical (unpaired) electrons. The summed E-state index contributed by atoms with van der Waals surface area (Å²) in [6.07, 6.45) is 3.61. The highest BCUT2D eigenvalue weighted by Crippen LogP contribution is 2.26. The molecule has 29 heavy (non-hydrogen) atoms. The number of carboxylic acid groups (broad SMARTS) is 1. The number of phenolic OH excluding ortho intramolecular Hbond substituents is 1. The van der Waals surface area contributed by atoms with E-state index in [1.165, 1.54) is 12.1 Å². The highest BCUT2D eigenvalue weighted by molar-refractivity contribution is 5.95. The van der Waals surface area contributed by atoms with E-state index in [0.29, 0.717) is 5.56 Å². The molecule has 4 aromatic carbocycles. The van der Waals surface area contributed by atoms with Gasteiger partial charge in [0.1, 0.15) is 11.6 Å². The van der Waals surface area contributed by atoms with Crippen LogP contribution >= 0.6 is 0 Å². The molecule has 0 unspecified atom stereocenters. The minimum atomic E-state index is -1.01. The van der Waals surface area contributed by atoms with Gasteiger partial charge in [0.25, 0.3) is 0 Å². The minimum Gasteiger partial charge on any atom is -0.508 e. The summed E-state index contributed by atoms with van der Waals surface area (Å²) >= 11 is 0. The van der Waals surface area contributed by atoms with Crippen molar-refractivity contribution >= 4 is 28.9 Å². The molecule has 0 spiro atoms. The third-order valence-corrected chi connectivity index (χ3v) is 4.76. The number of carboxylic acids is 1. The molecule has 0 aromatic heterocycles.